The lowest BCUT2D eigenvalue weighted by molar-refractivity contribution is 0.422. The first-order valence-electron chi connectivity index (χ1n) is 7.01. The van der Waals surface area contributed by atoms with E-state index in [9.17, 15) is 5.11 Å². The monoisotopic (exact) mass is 272 g/mol. The quantitative estimate of drug-likeness (QED) is 0.846. The van der Waals surface area contributed by atoms with Crippen molar-refractivity contribution in [2.75, 3.05) is 0 Å². The Morgan fingerprint density at radius 3 is 1.90 bits per heavy atom. The second-order valence-electron chi connectivity index (χ2n) is 7.29. The van der Waals surface area contributed by atoms with E-state index in [0.717, 1.165) is 17.1 Å². The van der Waals surface area contributed by atoms with Gasteiger partial charge in [0.25, 0.3) is 0 Å². The van der Waals surface area contributed by atoms with Crippen LogP contribution in [-0.2, 0) is 10.8 Å². The van der Waals surface area contributed by atoms with Crippen LogP contribution in [0.3, 0.4) is 0 Å². The van der Waals surface area contributed by atoms with Crippen LogP contribution in [0.5, 0.6) is 5.75 Å². The molecule has 108 valence electrons. The van der Waals surface area contributed by atoms with Crippen LogP contribution in [-0.4, -0.2) is 14.9 Å². The van der Waals surface area contributed by atoms with Crippen molar-refractivity contribution in [1.29, 1.82) is 0 Å². The van der Waals surface area contributed by atoms with E-state index in [1.54, 1.807) is 0 Å². The van der Waals surface area contributed by atoms with Crippen LogP contribution < -0.4 is 0 Å². The summed E-state index contributed by atoms with van der Waals surface area (Å²) in [4.78, 5) is 0. The van der Waals surface area contributed by atoms with Gasteiger partial charge >= 0.3 is 0 Å². The maximum absolute atomic E-state index is 10.7. The zero-order chi connectivity index (χ0) is 15.1. The molecule has 0 spiro atoms. The molecule has 3 heteroatoms. The normalized spacial score (nSPS) is 12.7. The number of aromatic nitrogens is 2. The molecule has 1 aromatic carbocycles. The smallest absolute Gasteiger partial charge is 0.161 e. The molecule has 0 fully saturated rings. The van der Waals surface area contributed by atoms with Gasteiger partial charge in [-0.15, -0.1) is 0 Å². The first-order chi connectivity index (χ1) is 9.12. The highest BCUT2D eigenvalue weighted by atomic mass is 16.3. The van der Waals surface area contributed by atoms with Crippen LogP contribution in [0.2, 0.25) is 0 Å². The van der Waals surface area contributed by atoms with Crippen molar-refractivity contribution in [2.45, 2.75) is 52.4 Å². The Hall–Kier alpha value is -1.77. The predicted molar refractivity (Wildman–Crippen MR) is 82.6 cm³/mol. The highest BCUT2D eigenvalue weighted by molar-refractivity contribution is 5.45. The van der Waals surface area contributed by atoms with Gasteiger partial charge < -0.3 is 5.11 Å². The minimum Gasteiger partial charge on any atom is -0.504 e. The molecule has 0 bridgehead atoms. The fourth-order valence-corrected chi connectivity index (χ4v) is 2.34. The van der Waals surface area contributed by atoms with Gasteiger partial charge in [-0.05, 0) is 12.1 Å². The molecule has 0 aliphatic heterocycles. The van der Waals surface area contributed by atoms with Crippen LogP contribution >= 0.6 is 0 Å². The Morgan fingerprint density at radius 2 is 1.45 bits per heavy atom. The summed E-state index contributed by atoms with van der Waals surface area (Å²) in [7, 11) is 0. The van der Waals surface area contributed by atoms with Crippen LogP contribution in [0, 0.1) is 0 Å². The van der Waals surface area contributed by atoms with Crippen LogP contribution in [0.4, 0.5) is 0 Å². The van der Waals surface area contributed by atoms with E-state index in [1.807, 2.05) is 35.0 Å². The molecule has 1 N–H and O–H groups in total. The van der Waals surface area contributed by atoms with E-state index in [0.29, 0.717) is 5.75 Å². The number of benzene rings is 1. The maximum atomic E-state index is 10.7. The molecule has 0 atom stereocenters. The summed E-state index contributed by atoms with van der Waals surface area (Å²) in [6.07, 6.45) is 0. The summed E-state index contributed by atoms with van der Waals surface area (Å²) < 4.78 is 1.87. The van der Waals surface area contributed by atoms with Crippen molar-refractivity contribution in [3.8, 4) is 11.4 Å². The number of aromatic hydroxyl groups is 1. The molecule has 2 rings (SSSR count). The van der Waals surface area contributed by atoms with E-state index in [4.69, 9.17) is 0 Å². The van der Waals surface area contributed by atoms with Crippen LogP contribution in [0.1, 0.15) is 52.9 Å². The Morgan fingerprint density at radius 1 is 0.900 bits per heavy atom. The Balaban J connectivity index is 2.75. The number of hydrogen-bond donors (Lipinski definition) is 1. The van der Waals surface area contributed by atoms with Gasteiger partial charge in [-0.1, -0.05) is 59.7 Å². The third kappa shape index (κ3) is 2.58. The van der Waals surface area contributed by atoms with Gasteiger partial charge in [0.2, 0.25) is 0 Å². The van der Waals surface area contributed by atoms with Crippen LogP contribution in [0.25, 0.3) is 5.69 Å². The molecule has 0 aliphatic carbocycles. The van der Waals surface area contributed by atoms with E-state index >= 15 is 0 Å². The number of nitrogens with zero attached hydrogens (tertiary/aromatic N) is 2. The largest absolute Gasteiger partial charge is 0.504 e. The molecule has 0 radical (unpaired) electrons. The van der Waals surface area contributed by atoms with E-state index < -0.39 is 0 Å². The molecular formula is C17H24N2O. The molecule has 0 aliphatic rings. The molecule has 3 nitrogen and oxygen atoms in total. The van der Waals surface area contributed by atoms with Crippen molar-refractivity contribution in [3.63, 3.8) is 0 Å². The SMILES string of the molecule is CC(C)(C)c1nn(-c2ccccc2)c(C(C)(C)C)c1O. The first-order valence-corrected chi connectivity index (χ1v) is 7.01. The van der Waals surface area contributed by atoms with Crippen LogP contribution in [0.15, 0.2) is 30.3 Å². The lowest BCUT2D eigenvalue weighted by Gasteiger charge is -2.21. The highest BCUT2D eigenvalue weighted by Crippen LogP contribution is 2.39. The Kier molecular flexibility index (Phi) is 3.41. The molecular weight excluding hydrogens is 248 g/mol. The molecule has 0 saturated carbocycles. The number of hydrogen-bond acceptors (Lipinski definition) is 2. The number of para-hydroxylation sites is 1. The van der Waals surface area contributed by atoms with Gasteiger partial charge in [0.1, 0.15) is 5.69 Å². The third-order valence-electron chi connectivity index (χ3n) is 3.28. The van der Waals surface area contributed by atoms with Crippen molar-refractivity contribution < 1.29 is 5.11 Å². The summed E-state index contributed by atoms with van der Waals surface area (Å²) in [5.74, 6) is 0.314. The van der Waals surface area contributed by atoms with Gasteiger partial charge in [-0.3, -0.25) is 0 Å². The standard InChI is InChI=1S/C17H24N2O/c1-16(2,3)14-13(20)15(17(4,5)6)19(18-14)12-10-8-7-9-11-12/h7-11,20H,1-6H3. The molecule has 0 saturated heterocycles. The van der Waals surface area contributed by atoms with E-state index in [2.05, 4.69) is 46.6 Å². The molecule has 0 unspecified atom stereocenters. The Bertz CT molecular complexity index is 598. The topological polar surface area (TPSA) is 38.0 Å². The summed E-state index contributed by atoms with van der Waals surface area (Å²) in [5, 5.41) is 15.3. The lowest BCUT2D eigenvalue weighted by atomic mass is 9.86. The molecule has 2 aromatic rings. The molecule has 0 amide bonds. The highest BCUT2D eigenvalue weighted by Gasteiger charge is 2.32. The molecule has 1 heterocycles. The second kappa shape index (κ2) is 4.65. The van der Waals surface area contributed by atoms with Crippen molar-refractivity contribution >= 4 is 0 Å². The van der Waals surface area contributed by atoms with Gasteiger partial charge in [0.05, 0.1) is 11.4 Å². The van der Waals surface area contributed by atoms with E-state index in [-0.39, 0.29) is 10.8 Å². The number of rotatable bonds is 1. The van der Waals surface area contributed by atoms with Gasteiger partial charge in [0.15, 0.2) is 5.75 Å². The van der Waals surface area contributed by atoms with Gasteiger partial charge in [-0.25, -0.2) is 4.68 Å². The fraction of sp³-hybridized carbons (Fsp3) is 0.471. The lowest BCUT2D eigenvalue weighted by Crippen LogP contribution is -2.17. The molecule has 1 aromatic heterocycles. The summed E-state index contributed by atoms with van der Waals surface area (Å²) in [6.45, 7) is 12.5. The Labute approximate surface area is 121 Å². The zero-order valence-corrected chi connectivity index (χ0v) is 13.2. The average molecular weight is 272 g/mol. The minimum absolute atomic E-state index is 0.184. The fourth-order valence-electron chi connectivity index (χ4n) is 2.34. The van der Waals surface area contributed by atoms with Gasteiger partial charge in [-0.2, -0.15) is 5.10 Å². The predicted octanol–water partition coefficient (Wildman–Crippen LogP) is 4.17. The van der Waals surface area contributed by atoms with Crippen molar-refractivity contribution in [2.24, 2.45) is 0 Å². The zero-order valence-electron chi connectivity index (χ0n) is 13.2. The molecule has 20 heavy (non-hydrogen) atoms. The average Bonchev–Trinajstić information content (AvgIpc) is 2.67. The van der Waals surface area contributed by atoms with Gasteiger partial charge in [0, 0.05) is 10.8 Å². The minimum atomic E-state index is -0.190. The second-order valence-corrected chi connectivity index (χ2v) is 7.29. The summed E-state index contributed by atoms with van der Waals surface area (Å²) in [5.41, 5.74) is 2.20. The van der Waals surface area contributed by atoms with Crippen molar-refractivity contribution in [1.82, 2.24) is 9.78 Å². The first kappa shape index (κ1) is 14.6. The maximum Gasteiger partial charge on any atom is 0.161 e. The third-order valence-corrected chi connectivity index (χ3v) is 3.28. The summed E-state index contributed by atoms with van der Waals surface area (Å²) in [6, 6.07) is 9.96. The summed E-state index contributed by atoms with van der Waals surface area (Å²) >= 11 is 0. The van der Waals surface area contributed by atoms with Crippen molar-refractivity contribution in [3.05, 3.63) is 41.7 Å². The van der Waals surface area contributed by atoms with E-state index in [1.165, 1.54) is 0 Å².